The smallest absolute Gasteiger partial charge is 0.246 e. The van der Waals surface area contributed by atoms with Gasteiger partial charge in [-0.15, -0.1) is 0 Å². The van der Waals surface area contributed by atoms with Crippen LogP contribution < -0.4 is 19.3 Å². The number of ether oxygens (including phenoxy) is 2. The second-order valence-electron chi connectivity index (χ2n) is 9.75. The maximum Gasteiger partial charge on any atom is 0.246 e. The van der Waals surface area contributed by atoms with Gasteiger partial charge in [0, 0.05) is 56.6 Å². The lowest BCUT2D eigenvalue weighted by Crippen LogP contribution is -2.29. The van der Waals surface area contributed by atoms with E-state index in [1.807, 2.05) is 129 Å². The van der Waals surface area contributed by atoms with E-state index in [2.05, 4.69) is 0 Å². The molecule has 0 amide bonds. The van der Waals surface area contributed by atoms with Crippen molar-refractivity contribution in [3.05, 3.63) is 97.2 Å². The minimum atomic E-state index is -0.674. The summed E-state index contributed by atoms with van der Waals surface area (Å²) in [5.41, 5.74) is 4.48. The summed E-state index contributed by atoms with van der Waals surface area (Å²) in [4.78, 5) is 23.1. The summed E-state index contributed by atoms with van der Waals surface area (Å²) in [6.07, 6.45) is 1.79. The van der Waals surface area contributed by atoms with E-state index >= 15 is 0 Å². The summed E-state index contributed by atoms with van der Waals surface area (Å²) in [7, 11) is 3.89. The fourth-order valence-electron chi connectivity index (χ4n) is 4.40. The molecule has 5 aromatic rings. The molecule has 2 aromatic heterocycles. The molecule has 0 aliphatic carbocycles. The zero-order valence-electron chi connectivity index (χ0n) is 22.2. The first kappa shape index (κ1) is 24.4. The van der Waals surface area contributed by atoms with Gasteiger partial charge >= 0.3 is 0 Å². The van der Waals surface area contributed by atoms with Crippen molar-refractivity contribution in [1.82, 2.24) is 19.9 Å². The Bertz CT molecular complexity index is 1540. The van der Waals surface area contributed by atoms with Crippen LogP contribution >= 0.6 is 0 Å². The lowest BCUT2D eigenvalue weighted by molar-refractivity contribution is -0.0431. The summed E-state index contributed by atoms with van der Waals surface area (Å²) in [6, 6.07) is 29.8. The van der Waals surface area contributed by atoms with E-state index in [-0.39, 0.29) is 0 Å². The predicted octanol–water partition coefficient (Wildman–Crippen LogP) is 6.64. The van der Waals surface area contributed by atoms with Crippen molar-refractivity contribution < 1.29 is 9.47 Å². The third kappa shape index (κ3) is 4.96. The van der Waals surface area contributed by atoms with E-state index in [4.69, 9.17) is 29.4 Å². The van der Waals surface area contributed by atoms with Gasteiger partial charge in [0.05, 0.1) is 5.69 Å². The van der Waals surface area contributed by atoms with E-state index in [9.17, 15) is 0 Å². The van der Waals surface area contributed by atoms with Gasteiger partial charge < -0.3 is 19.3 Å². The minimum absolute atomic E-state index is 0.534. The van der Waals surface area contributed by atoms with Crippen molar-refractivity contribution >= 4 is 23.3 Å². The maximum absolute atomic E-state index is 5.91. The van der Waals surface area contributed by atoms with Crippen LogP contribution in [0.25, 0.3) is 22.6 Å². The van der Waals surface area contributed by atoms with Gasteiger partial charge in [0.15, 0.2) is 17.3 Å². The van der Waals surface area contributed by atoms with Crippen LogP contribution in [0.1, 0.15) is 13.8 Å². The summed E-state index contributed by atoms with van der Waals surface area (Å²) < 4.78 is 11.7. The standard InChI is InChI=1S/C31H28N6O2/c1-31(2)38-26-18-16-21(19-27(26)39-31)25-17-15-22(20-32-25)28-33-29(36(3)23-11-7-5-8-12-23)35-30(34-28)37(4)24-13-9-6-10-14-24/h5-20H,1-4H3. The van der Waals surface area contributed by atoms with Gasteiger partial charge in [0.2, 0.25) is 17.7 Å². The number of rotatable bonds is 6. The summed E-state index contributed by atoms with van der Waals surface area (Å²) in [5, 5.41) is 0. The molecular formula is C31H28N6O2. The van der Waals surface area contributed by atoms with Crippen molar-refractivity contribution in [3.8, 4) is 34.1 Å². The molecule has 0 atom stereocenters. The van der Waals surface area contributed by atoms with Crippen molar-refractivity contribution in [3.63, 3.8) is 0 Å². The molecule has 8 heteroatoms. The molecule has 39 heavy (non-hydrogen) atoms. The van der Waals surface area contributed by atoms with E-state index in [1.165, 1.54) is 0 Å². The summed E-state index contributed by atoms with van der Waals surface area (Å²) >= 11 is 0. The van der Waals surface area contributed by atoms with Gasteiger partial charge in [-0.1, -0.05) is 36.4 Å². The number of aromatic nitrogens is 4. The van der Waals surface area contributed by atoms with Crippen LogP contribution in [-0.2, 0) is 0 Å². The molecule has 0 N–H and O–H groups in total. The molecule has 1 aliphatic rings. The molecule has 6 rings (SSSR count). The number of hydrogen-bond acceptors (Lipinski definition) is 8. The fraction of sp³-hybridized carbons (Fsp3) is 0.161. The lowest BCUT2D eigenvalue weighted by atomic mass is 10.1. The Morgan fingerprint density at radius 1 is 0.615 bits per heavy atom. The SMILES string of the molecule is CN(c1ccccc1)c1nc(-c2ccc(-c3ccc4c(c3)OC(C)(C)O4)nc2)nc(N(C)c2ccccc2)n1. The highest BCUT2D eigenvalue weighted by atomic mass is 16.7. The molecule has 0 saturated heterocycles. The van der Waals surface area contributed by atoms with Crippen LogP contribution in [0.4, 0.5) is 23.3 Å². The summed E-state index contributed by atoms with van der Waals surface area (Å²) in [6.45, 7) is 3.78. The van der Waals surface area contributed by atoms with E-state index in [1.54, 1.807) is 6.20 Å². The van der Waals surface area contributed by atoms with Crippen LogP contribution in [0.15, 0.2) is 97.2 Å². The van der Waals surface area contributed by atoms with Crippen LogP contribution in [0.3, 0.4) is 0 Å². The number of anilines is 4. The fourth-order valence-corrected chi connectivity index (χ4v) is 4.40. The Morgan fingerprint density at radius 3 is 1.74 bits per heavy atom. The Balaban J connectivity index is 1.36. The third-order valence-electron chi connectivity index (χ3n) is 6.47. The van der Waals surface area contributed by atoms with Gasteiger partial charge in [-0.2, -0.15) is 15.0 Å². The first-order valence-corrected chi connectivity index (χ1v) is 12.7. The maximum atomic E-state index is 5.91. The minimum Gasteiger partial charge on any atom is -0.449 e. The number of fused-ring (bicyclic) bond motifs is 1. The number of nitrogens with zero attached hydrogens (tertiary/aromatic N) is 6. The molecule has 0 spiro atoms. The quantitative estimate of drug-likeness (QED) is 0.248. The molecule has 3 heterocycles. The normalized spacial score (nSPS) is 13.2. The molecule has 8 nitrogen and oxygen atoms in total. The molecule has 0 fully saturated rings. The predicted molar refractivity (Wildman–Crippen MR) is 153 cm³/mol. The molecule has 194 valence electrons. The topological polar surface area (TPSA) is 76.5 Å². The van der Waals surface area contributed by atoms with Gasteiger partial charge in [-0.25, -0.2) is 0 Å². The molecule has 3 aromatic carbocycles. The highest BCUT2D eigenvalue weighted by molar-refractivity contribution is 5.69. The second-order valence-corrected chi connectivity index (χ2v) is 9.75. The molecule has 0 saturated carbocycles. The zero-order chi connectivity index (χ0) is 27.0. The Morgan fingerprint density at radius 2 is 1.18 bits per heavy atom. The molecule has 1 aliphatic heterocycles. The van der Waals surface area contributed by atoms with Crippen LogP contribution in [-0.4, -0.2) is 39.8 Å². The Kier molecular flexibility index (Phi) is 6.07. The van der Waals surface area contributed by atoms with Crippen LogP contribution in [0.5, 0.6) is 11.5 Å². The monoisotopic (exact) mass is 516 g/mol. The molecule has 0 bridgehead atoms. The summed E-state index contributed by atoms with van der Waals surface area (Å²) in [5.74, 6) is 2.37. The van der Waals surface area contributed by atoms with Gasteiger partial charge in [-0.05, 0) is 54.6 Å². The highest BCUT2D eigenvalue weighted by Crippen LogP contribution is 2.41. The van der Waals surface area contributed by atoms with Crippen LogP contribution in [0, 0.1) is 0 Å². The average Bonchev–Trinajstić information content (AvgIpc) is 3.30. The average molecular weight is 517 g/mol. The molecular weight excluding hydrogens is 488 g/mol. The van der Waals surface area contributed by atoms with E-state index in [0.29, 0.717) is 23.5 Å². The first-order chi connectivity index (χ1) is 18.9. The van der Waals surface area contributed by atoms with E-state index in [0.717, 1.165) is 33.9 Å². The number of benzene rings is 3. The number of para-hydroxylation sites is 2. The van der Waals surface area contributed by atoms with Crippen molar-refractivity contribution in [1.29, 1.82) is 0 Å². The largest absolute Gasteiger partial charge is 0.449 e. The van der Waals surface area contributed by atoms with Crippen LogP contribution in [0.2, 0.25) is 0 Å². The van der Waals surface area contributed by atoms with Gasteiger partial charge in [-0.3, -0.25) is 4.98 Å². The lowest BCUT2D eigenvalue weighted by Gasteiger charge is -2.22. The van der Waals surface area contributed by atoms with Gasteiger partial charge in [0.1, 0.15) is 0 Å². The molecule has 0 radical (unpaired) electrons. The second kappa shape index (κ2) is 9.72. The first-order valence-electron chi connectivity index (χ1n) is 12.7. The Labute approximate surface area is 227 Å². The van der Waals surface area contributed by atoms with Crippen molar-refractivity contribution in [2.24, 2.45) is 0 Å². The Hall–Kier alpha value is -4.98. The van der Waals surface area contributed by atoms with Crippen molar-refractivity contribution in [2.75, 3.05) is 23.9 Å². The van der Waals surface area contributed by atoms with Crippen molar-refractivity contribution in [2.45, 2.75) is 19.6 Å². The number of pyridine rings is 1. The van der Waals surface area contributed by atoms with Gasteiger partial charge in [0.25, 0.3) is 0 Å². The van der Waals surface area contributed by atoms with E-state index < -0.39 is 5.79 Å². The highest BCUT2D eigenvalue weighted by Gasteiger charge is 2.31. The number of hydrogen-bond donors (Lipinski definition) is 0. The zero-order valence-corrected chi connectivity index (χ0v) is 22.2. The molecule has 0 unspecified atom stereocenters. The third-order valence-corrected chi connectivity index (χ3v) is 6.47.